The van der Waals surface area contributed by atoms with Gasteiger partial charge in [0.05, 0.1) is 16.8 Å². The highest BCUT2D eigenvalue weighted by Gasteiger charge is 2.50. The van der Waals surface area contributed by atoms with Gasteiger partial charge in [-0.15, -0.1) is 0 Å². The Morgan fingerprint density at radius 2 is 0.871 bits per heavy atom. The molecule has 0 saturated carbocycles. The molecule has 0 fully saturated rings. The van der Waals surface area contributed by atoms with Crippen molar-refractivity contribution in [1.82, 2.24) is 15.0 Å². The summed E-state index contributed by atoms with van der Waals surface area (Å²) < 4.78 is 0. The molecule has 298 valence electrons. The van der Waals surface area contributed by atoms with Crippen molar-refractivity contribution in [3.05, 3.63) is 238 Å². The third kappa shape index (κ3) is 5.49. The van der Waals surface area contributed by atoms with Gasteiger partial charge in [0.15, 0.2) is 17.5 Å². The summed E-state index contributed by atoms with van der Waals surface area (Å²) in [5.41, 5.74) is 19.4. The molecule has 1 aliphatic carbocycles. The van der Waals surface area contributed by atoms with Crippen molar-refractivity contribution in [2.45, 2.75) is 45.4 Å². The normalized spacial score (nSPS) is 14.1. The molecule has 62 heavy (non-hydrogen) atoms. The molecule has 2 heterocycles. The van der Waals surface area contributed by atoms with Crippen LogP contribution >= 0.6 is 0 Å². The molecule has 0 amide bonds. The molecule has 0 saturated heterocycles. The summed E-state index contributed by atoms with van der Waals surface area (Å²) in [7, 11) is 0. The van der Waals surface area contributed by atoms with Crippen molar-refractivity contribution < 1.29 is 0 Å². The topological polar surface area (TPSA) is 41.9 Å². The molecule has 0 N–H and O–H groups in total. The predicted molar refractivity (Wildman–Crippen MR) is 254 cm³/mol. The van der Waals surface area contributed by atoms with Crippen LogP contribution in [0.1, 0.15) is 63.9 Å². The summed E-state index contributed by atoms with van der Waals surface area (Å²) in [5, 5.41) is 0. The van der Waals surface area contributed by atoms with E-state index in [-0.39, 0.29) is 5.41 Å². The smallest absolute Gasteiger partial charge is 0.164 e. The fraction of sp³-hybridized carbons (Fsp3) is 0.121. The summed E-state index contributed by atoms with van der Waals surface area (Å²) in [5.74, 6) is 1.99. The van der Waals surface area contributed by atoms with E-state index in [1.54, 1.807) is 0 Å². The minimum absolute atomic E-state index is 0.220. The number of benzene rings is 8. The third-order valence-corrected chi connectivity index (χ3v) is 13.5. The Bertz CT molecular complexity index is 3080. The number of nitrogens with zero attached hydrogens (tertiary/aromatic N) is 4. The summed E-state index contributed by atoms with van der Waals surface area (Å²) in [6.45, 7) is 11.5. The van der Waals surface area contributed by atoms with Crippen LogP contribution in [0.5, 0.6) is 0 Å². The summed E-state index contributed by atoms with van der Waals surface area (Å²) in [6, 6.07) is 68.1. The van der Waals surface area contributed by atoms with Crippen molar-refractivity contribution in [2.24, 2.45) is 0 Å². The number of aryl methyl sites for hydroxylation is 1. The van der Waals surface area contributed by atoms with E-state index < -0.39 is 5.41 Å². The van der Waals surface area contributed by atoms with Gasteiger partial charge in [-0.05, 0) is 100 Å². The van der Waals surface area contributed by atoms with Crippen molar-refractivity contribution in [3.8, 4) is 45.3 Å². The van der Waals surface area contributed by atoms with Crippen LogP contribution in [0.25, 0.3) is 45.3 Å². The lowest BCUT2D eigenvalue weighted by atomic mass is 9.59. The Labute approximate surface area is 364 Å². The zero-order valence-electron chi connectivity index (χ0n) is 35.7. The number of rotatable bonds is 6. The molecule has 11 rings (SSSR count). The standard InChI is InChI=1S/C58H46N4/c1-37-36-51(38(2)39(3)52(37)56-60-54(40-22-9-6-10-23-40)59-55(61-56)41-24-11-7-12-25-41)62-49-34-19-17-31-46(49)58(42-26-13-8-14-27-42,47-32-18-20-35-50(47)62)48-33-21-29-44-43-28-15-16-30-45(43)57(4,5)53(44)48/h6-36H,1-5H3. The first-order valence-electron chi connectivity index (χ1n) is 21.5. The second kappa shape index (κ2) is 14.4. The maximum absolute atomic E-state index is 5.18. The molecule has 0 unspecified atom stereocenters. The molecule has 0 bridgehead atoms. The van der Waals surface area contributed by atoms with E-state index in [9.17, 15) is 0 Å². The second-order valence-corrected chi connectivity index (χ2v) is 17.3. The highest BCUT2D eigenvalue weighted by atomic mass is 15.2. The Morgan fingerprint density at radius 3 is 1.47 bits per heavy atom. The molecule has 4 nitrogen and oxygen atoms in total. The summed E-state index contributed by atoms with van der Waals surface area (Å²) in [6.07, 6.45) is 0. The lowest BCUT2D eigenvalue weighted by Gasteiger charge is -2.48. The van der Waals surface area contributed by atoms with Gasteiger partial charge < -0.3 is 4.90 Å². The van der Waals surface area contributed by atoms with Gasteiger partial charge in [-0.3, -0.25) is 0 Å². The SMILES string of the molecule is Cc1cc(N2c3ccccc3C(c3ccccc3)(c3cccc4c3C(C)(C)c3ccccc3-4)c3ccccc32)c(C)c(C)c1-c1nc(-c2ccccc2)nc(-c2ccccc2)n1. The van der Waals surface area contributed by atoms with E-state index >= 15 is 0 Å². The van der Waals surface area contributed by atoms with Crippen LogP contribution < -0.4 is 4.90 Å². The van der Waals surface area contributed by atoms with Crippen molar-refractivity contribution >= 4 is 17.1 Å². The first kappa shape index (κ1) is 37.6. The maximum atomic E-state index is 5.18. The minimum Gasteiger partial charge on any atom is -0.310 e. The molecule has 0 radical (unpaired) electrons. The third-order valence-electron chi connectivity index (χ3n) is 13.5. The zero-order valence-corrected chi connectivity index (χ0v) is 35.7. The van der Waals surface area contributed by atoms with Gasteiger partial charge in [-0.25, -0.2) is 15.0 Å². The van der Waals surface area contributed by atoms with E-state index in [4.69, 9.17) is 15.0 Å². The Balaban J connectivity index is 1.15. The number of aromatic nitrogens is 3. The highest BCUT2D eigenvalue weighted by molar-refractivity contribution is 5.93. The molecule has 1 aliphatic heterocycles. The quantitative estimate of drug-likeness (QED) is 0.168. The van der Waals surface area contributed by atoms with Crippen LogP contribution in [0.4, 0.5) is 17.1 Å². The van der Waals surface area contributed by atoms with Gasteiger partial charge in [-0.1, -0.05) is 184 Å². The van der Waals surface area contributed by atoms with Crippen LogP contribution in [-0.2, 0) is 10.8 Å². The van der Waals surface area contributed by atoms with E-state index in [0.29, 0.717) is 17.5 Å². The molecule has 8 aromatic carbocycles. The second-order valence-electron chi connectivity index (χ2n) is 17.3. The molecular formula is C58H46N4. The number of anilines is 3. The molecule has 0 atom stereocenters. The average Bonchev–Trinajstić information content (AvgIpc) is 3.56. The number of para-hydroxylation sites is 2. The zero-order chi connectivity index (χ0) is 42.2. The first-order chi connectivity index (χ1) is 30.3. The van der Waals surface area contributed by atoms with Gasteiger partial charge in [0, 0.05) is 27.8 Å². The van der Waals surface area contributed by atoms with Gasteiger partial charge in [0.2, 0.25) is 0 Å². The van der Waals surface area contributed by atoms with Gasteiger partial charge >= 0.3 is 0 Å². The van der Waals surface area contributed by atoms with Gasteiger partial charge in [-0.2, -0.15) is 0 Å². The fourth-order valence-electron chi connectivity index (χ4n) is 10.7. The largest absolute Gasteiger partial charge is 0.310 e. The van der Waals surface area contributed by atoms with E-state index in [2.05, 4.69) is 191 Å². The number of hydrogen-bond donors (Lipinski definition) is 0. The number of hydrogen-bond acceptors (Lipinski definition) is 4. The van der Waals surface area contributed by atoms with E-state index in [1.807, 2.05) is 36.4 Å². The lowest BCUT2D eigenvalue weighted by molar-refractivity contribution is 0.625. The Hall–Kier alpha value is -7.43. The monoisotopic (exact) mass is 798 g/mol. The molecular weight excluding hydrogens is 753 g/mol. The van der Waals surface area contributed by atoms with Crippen molar-refractivity contribution in [1.29, 1.82) is 0 Å². The van der Waals surface area contributed by atoms with E-state index in [1.165, 1.54) is 50.1 Å². The highest BCUT2D eigenvalue weighted by Crippen LogP contribution is 2.62. The summed E-state index contributed by atoms with van der Waals surface area (Å²) >= 11 is 0. The molecule has 4 heteroatoms. The van der Waals surface area contributed by atoms with Crippen LogP contribution in [0.2, 0.25) is 0 Å². The summed E-state index contributed by atoms with van der Waals surface area (Å²) in [4.78, 5) is 17.9. The number of fused-ring (bicyclic) bond motifs is 5. The Kier molecular flexibility index (Phi) is 8.69. The van der Waals surface area contributed by atoms with Crippen LogP contribution in [0, 0.1) is 20.8 Å². The predicted octanol–water partition coefficient (Wildman–Crippen LogP) is 14.3. The van der Waals surface area contributed by atoms with Crippen LogP contribution in [-0.4, -0.2) is 15.0 Å². The molecule has 9 aromatic rings. The van der Waals surface area contributed by atoms with Gasteiger partial charge in [0.1, 0.15) is 0 Å². The molecule has 0 spiro atoms. The maximum Gasteiger partial charge on any atom is 0.164 e. The van der Waals surface area contributed by atoms with Crippen molar-refractivity contribution in [2.75, 3.05) is 4.90 Å². The van der Waals surface area contributed by atoms with Crippen molar-refractivity contribution in [3.63, 3.8) is 0 Å². The average molecular weight is 799 g/mol. The fourth-order valence-corrected chi connectivity index (χ4v) is 10.7. The minimum atomic E-state index is -0.625. The van der Waals surface area contributed by atoms with Crippen LogP contribution in [0.15, 0.2) is 188 Å². The van der Waals surface area contributed by atoms with Crippen LogP contribution in [0.3, 0.4) is 0 Å². The Morgan fingerprint density at radius 1 is 0.403 bits per heavy atom. The van der Waals surface area contributed by atoms with Gasteiger partial charge in [0.25, 0.3) is 0 Å². The lowest BCUT2D eigenvalue weighted by Crippen LogP contribution is -2.39. The first-order valence-corrected chi connectivity index (χ1v) is 21.5. The molecule has 2 aliphatic rings. The molecule has 1 aromatic heterocycles. The van der Waals surface area contributed by atoms with E-state index in [0.717, 1.165) is 44.9 Å².